The molecule has 3 rings (SSSR count). The van der Waals surface area contributed by atoms with Crippen LogP contribution in [-0.2, 0) is 4.79 Å². The van der Waals surface area contributed by atoms with Crippen LogP contribution in [0, 0.1) is 0 Å². The van der Waals surface area contributed by atoms with Crippen LogP contribution in [0.1, 0.15) is 6.92 Å². The molecule has 3 aromatic rings. The molecule has 1 aromatic carbocycles. The zero-order valence-electron chi connectivity index (χ0n) is 12.3. The number of nitrogens with one attached hydrogen (secondary N) is 1. The maximum absolute atomic E-state index is 11.2. The molecule has 0 aliphatic heterocycles. The Morgan fingerprint density at radius 2 is 1.96 bits per heavy atom. The lowest BCUT2D eigenvalue weighted by Gasteiger charge is -2.08. The minimum absolute atomic E-state index is 0.185. The number of amides is 1. The van der Waals surface area contributed by atoms with E-state index in [4.69, 9.17) is 23.2 Å². The number of hydrogen-bond donors (Lipinski definition) is 1. The van der Waals surface area contributed by atoms with Crippen LogP contribution in [0.4, 0.5) is 5.82 Å². The summed E-state index contributed by atoms with van der Waals surface area (Å²) >= 11 is 12.5. The molecule has 0 saturated carbocycles. The van der Waals surface area contributed by atoms with Crippen molar-refractivity contribution in [1.29, 1.82) is 0 Å². The highest BCUT2D eigenvalue weighted by atomic mass is 35.5. The van der Waals surface area contributed by atoms with Gasteiger partial charge in [-0.3, -0.25) is 4.79 Å². The number of benzene rings is 1. The highest BCUT2D eigenvalue weighted by Crippen LogP contribution is 2.30. The van der Waals surface area contributed by atoms with Gasteiger partial charge in [0.25, 0.3) is 0 Å². The normalized spacial score (nSPS) is 10.6. The van der Waals surface area contributed by atoms with Gasteiger partial charge in [-0.1, -0.05) is 41.4 Å². The molecule has 6 heteroatoms. The summed E-state index contributed by atoms with van der Waals surface area (Å²) < 4.78 is 1.87. The summed E-state index contributed by atoms with van der Waals surface area (Å²) in [5, 5.41) is 3.82. The maximum atomic E-state index is 11.2. The second-order valence-corrected chi connectivity index (χ2v) is 5.80. The predicted octanol–water partition coefficient (Wildman–Crippen LogP) is 4.80. The second-order valence-electron chi connectivity index (χ2n) is 4.99. The lowest BCUT2D eigenvalue weighted by molar-refractivity contribution is -0.114. The largest absolute Gasteiger partial charge is 0.322 e. The first-order chi connectivity index (χ1) is 11.0. The van der Waals surface area contributed by atoms with Gasteiger partial charge in [0.1, 0.15) is 5.82 Å². The predicted molar refractivity (Wildman–Crippen MR) is 93.3 cm³/mol. The molecule has 0 spiro atoms. The Bertz CT molecular complexity index is 874. The minimum Gasteiger partial charge on any atom is -0.322 e. The third-order valence-corrected chi connectivity index (χ3v) is 3.92. The number of pyridine rings is 1. The lowest BCUT2D eigenvalue weighted by Crippen LogP contribution is -2.08. The van der Waals surface area contributed by atoms with E-state index in [0.29, 0.717) is 15.9 Å². The van der Waals surface area contributed by atoms with Crippen LogP contribution < -0.4 is 5.32 Å². The highest BCUT2D eigenvalue weighted by molar-refractivity contribution is 6.33. The van der Waals surface area contributed by atoms with E-state index in [-0.39, 0.29) is 5.91 Å². The molecule has 1 amide bonds. The highest BCUT2D eigenvalue weighted by Gasteiger charge is 2.09. The van der Waals surface area contributed by atoms with Crippen molar-refractivity contribution in [3.8, 4) is 16.8 Å². The quantitative estimate of drug-likeness (QED) is 0.740. The Balaban J connectivity index is 2.00. The summed E-state index contributed by atoms with van der Waals surface area (Å²) in [5.74, 6) is 0.264. The van der Waals surface area contributed by atoms with Crippen molar-refractivity contribution >= 4 is 34.9 Å². The Labute approximate surface area is 143 Å². The average Bonchev–Trinajstić information content (AvgIpc) is 2.98. The molecule has 0 fully saturated rings. The zero-order chi connectivity index (χ0) is 16.4. The number of nitrogens with zero attached hydrogens (tertiary/aromatic N) is 2. The minimum atomic E-state index is -0.185. The Hall–Kier alpha value is -2.30. The van der Waals surface area contributed by atoms with Crippen molar-refractivity contribution in [2.45, 2.75) is 6.92 Å². The van der Waals surface area contributed by atoms with Crippen LogP contribution in [0.2, 0.25) is 10.0 Å². The third-order valence-electron chi connectivity index (χ3n) is 3.30. The fourth-order valence-corrected chi connectivity index (χ4v) is 2.72. The second kappa shape index (κ2) is 6.44. The van der Waals surface area contributed by atoms with E-state index in [1.54, 1.807) is 6.07 Å². The molecule has 2 aromatic heterocycles. The van der Waals surface area contributed by atoms with Gasteiger partial charge in [-0.2, -0.15) is 0 Å². The number of carbonyl (C=O) groups excluding carboxylic acids is 1. The summed E-state index contributed by atoms with van der Waals surface area (Å²) in [4.78, 5) is 15.3. The summed E-state index contributed by atoms with van der Waals surface area (Å²) in [7, 11) is 0. The van der Waals surface area contributed by atoms with E-state index in [2.05, 4.69) is 10.3 Å². The summed E-state index contributed by atoms with van der Waals surface area (Å²) in [6.07, 6.45) is 5.33. The smallest absolute Gasteiger partial charge is 0.222 e. The first-order valence-corrected chi connectivity index (χ1v) is 7.66. The average molecular weight is 346 g/mol. The van der Waals surface area contributed by atoms with Crippen molar-refractivity contribution in [3.05, 3.63) is 65.0 Å². The standard InChI is InChI=1S/C17H13Cl2N3O/c1-11(23)21-17-8-16(15(19)9-20-17)22-7-6-12(10-22)13-4-2-3-5-14(13)18/h2-10H,1H3,(H,20,21,23). The van der Waals surface area contributed by atoms with Crippen molar-refractivity contribution in [3.63, 3.8) is 0 Å². The van der Waals surface area contributed by atoms with Crippen molar-refractivity contribution in [2.24, 2.45) is 0 Å². The molecular formula is C17H13Cl2N3O. The van der Waals surface area contributed by atoms with Gasteiger partial charge in [-0.05, 0) is 12.1 Å². The van der Waals surface area contributed by atoms with Gasteiger partial charge >= 0.3 is 0 Å². The molecular weight excluding hydrogens is 333 g/mol. The zero-order valence-corrected chi connectivity index (χ0v) is 13.8. The number of carbonyl (C=O) groups is 1. The monoisotopic (exact) mass is 345 g/mol. The molecule has 0 atom stereocenters. The molecule has 2 heterocycles. The van der Waals surface area contributed by atoms with Crippen molar-refractivity contribution in [1.82, 2.24) is 9.55 Å². The van der Waals surface area contributed by atoms with E-state index < -0.39 is 0 Å². The molecule has 23 heavy (non-hydrogen) atoms. The number of anilines is 1. The number of aromatic nitrogens is 2. The number of hydrogen-bond acceptors (Lipinski definition) is 2. The molecule has 0 radical (unpaired) electrons. The fraction of sp³-hybridized carbons (Fsp3) is 0.0588. The molecule has 4 nitrogen and oxygen atoms in total. The molecule has 116 valence electrons. The van der Waals surface area contributed by atoms with Crippen molar-refractivity contribution in [2.75, 3.05) is 5.32 Å². The SMILES string of the molecule is CC(=O)Nc1cc(-n2ccc(-c3ccccc3Cl)c2)c(Cl)cn1. The van der Waals surface area contributed by atoms with Crippen LogP contribution in [-0.4, -0.2) is 15.5 Å². The van der Waals surface area contributed by atoms with Crippen LogP contribution >= 0.6 is 23.2 Å². The molecule has 0 bridgehead atoms. The summed E-state index contributed by atoms with van der Waals surface area (Å²) in [5.41, 5.74) is 2.65. The molecule has 0 aliphatic rings. The molecule has 1 N–H and O–H groups in total. The fourth-order valence-electron chi connectivity index (χ4n) is 2.28. The first-order valence-electron chi connectivity index (χ1n) is 6.91. The van der Waals surface area contributed by atoms with E-state index in [1.807, 2.05) is 47.3 Å². The van der Waals surface area contributed by atoms with Gasteiger partial charge in [-0.25, -0.2) is 4.98 Å². The van der Waals surface area contributed by atoms with Gasteiger partial charge in [0.15, 0.2) is 0 Å². The van der Waals surface area contributed by atoms with E-state index >= 15 is 0 Å². The van der Waals surface area contributed by atoms with Gasteiger partial charge in [0, 0.05) is 41.5 Å². The molecule has 0 aliphatic carbocycles. The molecule has 0 unspecified atom stereocenters. The van der Waals surface area contributed by atoms with Gasteiger partial charge in [0.2, 0.25) is 5.91 Å². The summed E-state index contributed by atoms with van der Waals surface area (Å²) in [6.45, 7) is 1.43. The Morgan fingerprint density at radius 1 is 1.17 bits per heavy atom. The van der Waals surface area contributed by atoms with Gasteiger partial charge < -0.3 is 9.88 Å². The maximum Gasteiger partial charge on any atom is 0.222 e. The van der Waals surface area contributed by atoms with Gasteiger partial charge in [0.05, 0.1) is 16.9 Å². The van der Waals surface area contributed by atoms with Crippen LogP contribution in [0.15, 0.2) is 55.0 Å². The molecule has 0 saturated heterocycles. The number of halogens is 2. The van der Waals surface area contributed by atoms with Gasteiger partial charge in [-0.15, -0.1) is 0 Å². The number of rotatable bonds is 3. The van der Waals surface area contributed by atoms with Crippen LogP contribution in [0.5, 0.6) is 0 Å². The van der Waals surface area contributed by atoms with E-state index in [1.165, 1.54) is 13.1 Å². The van der Waals surface area contributed by atoms with E-state index in [0.717, 1.165) is 16.8 Å². The Kier molecular flexibility index (Phi) is 4.37. The van der Waals surface area contributed by atoms with Crippen LogP contribution in [0.3, 0.4) is 0 Å². The first kappa shape index (κ1) is 15.6. The lowest BCUT2D eigenvalue weighted by atomic mass is 10.1. The summed E-state index contributed by atoms with van der Waals surface area (Å²) in [6, 6.07) is 11.3. The Morgan fingerprint density at radius 3 is 2.70 bits per heavy atom. The third kappa shape index (κ3) is 3.38. The van der Waals surface area contributed by atoms with Crippen molar-refractivity contribution < 1.29 is 4.79 Å². The van der Waals surface area contributed by atoms with Crippen LogP contribution in [0.25, 0.3) is 16.8 Å². The van der Waals surface area contributed by atoms with E-state index in [9.17, 15) is 4.79 Å². The topological polar surface area (TPSA) is 46.9 Å².